The Balaban J connectivity index is 1.71. The number of benzene rings is 2. The molecule has 2 aromatic rings. The molecule has 0 bridgehead atoms. The Kier molecular flexibility index (Phi) is 4.83. The normalized spacial score (nSPS) is 10.4. The van der Waals surface area contributed by atoms with Crippen molar-refractivity contribution in [2.75, 3.05) is 11.5 Å². The van der Waals surface area contributed by atoms with Crippen LogP contribution in [0.25, 0.3) is 0 Å². The van der Waals surface area contributed by atoms with Crippen molar-refractivity contribution in [1.29, 1.82) is 0 Å². The average Bonchev–Trinajstić information content (AvgIpc) is 2.38. The van der Waals surface area contributed by atoms with Gasteiger partial charge < -0.3 is 5.11 Å². The summed E-state index contributed by atoms with van der Waals surface area (Å²) in [6.45, 7) is 0. The average molecular weight is 262 g/mol. The lowest BCUT2D eigenvalue weighted by molar-refractivity contribution is 0.475. The molecule has 2 rings (SSSR count). The summed E-state index contributed by atoms with van der Waals surface area (Å²) < 4.78 is 0. The van der Waals surface area contributed by atoms with E-state index in [1.807, 2.05) is 41.7 Å². The van der Waals surface area contributed by atoms with Crippen molar-refractivity contribution in [1.82, 2.24) is 0 Å². The van der Waals surface area contributed by atoms with Crippen LogP contribution in [0.4, 0.5) is 0 Å². The predicted octanol–water partition coefficient (Wildman–Crippen LogP) is 4.28. The third kappa shape index (κ3) is 4.36. The molecule has 0 aromatic heterocycles. The van der Waals surface area contributed by atoms with Gasteiger partial charge in [0, 0.05) is 21.3 Å². The number of aromatic hydroxyl groups is 1. The van der Waals surface area contributed by atoms with Crippen LogP contribution in [0.15, 0.2) is 64.4 Å². The minimum absolute atomic E-state index is 0.327. The maximum absolute atomic E-state index is 9.16. The molecule has 0 fully saturated rings. The number of hydrogen-bond donors (Lipinski definition) is 1. The van der Waals surface area contributed by atoms with Crippen molar-refractivity contribution in [3.63, 3.8) is 0 Å². The third-order valence-electron chi connectivity index (χ3n) is 2.20. The summed E-state index contributed by atoms with van der Waals surface area (Å²) in [7, 11) is 0. The molecule has 0 saturated carbocycles. The fourth-order valence-electron chi connectivity index (χ4n) is 1.38. The Labute approximate surface area is 110 Å². The van der Waals surface area contributed by atoms with Crippen molar-refractivity contribution in [2.24, 2.45) is 0 Å². The molecule has 0 amide bonds. The predicted molar refractivity (Wildman–Crippen MR) is 76.0 cm³/mol. The highest BCUT2D eigenvalue weighted by Gasteiger charge is 1.96. The van der Waals surface area contributed by atoms with Gasteiger partial charge in [-0.05, 0) is 36.4 Å². The van der Waals surface area contributed by atoms with Gasteiger partial charge >= 0.3 is 0 Å². The number of phenols is 1. The first-order chi connectivity index (χ1) is 8.34. The molecule has 1 N–H and O–H groups in total. The summed E-state index contributed by atoms with van der Waals surface area (Å²) in [6.07, 6.45) is 0. The van der Waals surface area contributed by atoms with Crippen LogP contribution in [0, 0.1) is 0 Å². The monoisotopic (exact) mass is 262 g/mol. The van der Waals surface area contributed by atoms with Crippen LogP contribution in [0.1, 0.15) is 0 Å². The van der Waals surface area contributed by atoms with Gasteiger partial charge in [-0.3, -0.25) is 0 Å². The van der Waals surface area contributed by atoms with Gasteiger partial charge in [0.15, 0.2) is 0 Å². The highest BCUT2D eigenvalue weighted by molar-refractivity contribution is 8.03. The Morgan fingerprint density at radius 2 is 1.24 bits per heavy atom. The second-order valence-corrected chi connectivity index (χ2v) is 5.84. The highest BCUT2D eigenvalue weighted by atomic mass is 32.2. The molecule has 0 aliphatic heterocycles. The molecule has 0 saturated heterocycles. The van der Waals surface area contributed by atoms with Gasteiger partial charge in [-0.1, -0.05) is 18.2 Å². The van der Waals surface area contributed by atoms with Crippen LogP contribution in [0.3, 0.4) is 0 Å². The molecule has 2 aromatic carbocycles. The van der Waals surface area contributed by atoms with Crippen LogP contribution in [-0.4, -0.2) is 16.6 Å². The van der Waals surface area contributed by atoms with Crippen LogP contribution < -0.4 is 0 Å². The van der Waals surface area contributed by atoms with Crippen molar-refractivity contribution >= 4 is 23.5 Å². The summed E-state index contributed by atoms with van der Waals surface area (Å²) in [5, 5.41) is 9.16. The molecular weight excluding hydrogens is 248 g/mol. The largest absolute Gasteiger partial charge is 0.508 e. The fraction of sp³-hybridized carbons (Fsp3) is 0.143. The molecule has 1 nitrogen and oxygen atoms in total. The Hall–Kier alpha value is -1.06. The first-order valence-corrected chi connectivity index (χ1v) is 7.41. The van der Waals surface area contributed by atoms with E-state index in [4.69, 9.17) is 5.11 Å². The smallest absolute Gasteiger partial charge is 0.115 e. The molecule has 17 heavy (non-hydrogen) atoms. The van der Waals surface area contributed by atoms with E-state index < -0.39 is 0 Å². The molecule has 88 valence electrons. The van der Waals surface area contributed by atoms with E-state index in [9.17, 15) is 0 Å². The standard InChI is InChI=1S/C14H14OS2/c15-12-6-8-14(9-7-12)17-11-10-16-13-4-2-1-3-5-13/h1-9,15H,10-11H2. The van der Waals surface area contributed by atoms with Crippen LogP contribution in [0.2, 0.25) is 0 Å². The van der Waals surface area contributed by atoms with Crippen LogP contribution in [-0.2, 0) is 0 Å². The van der Waals surface area contributed by atoms with E-state index in [1.54, 1.807) is 12.1 Å². The van der Waals surface area contributed by atoms with Gasteiger partial charge in [0.2, 0.25) is 0 Å². The topological polar surface area (TPSA) is 20.2 Å². The lowest BCUT2D eigenvalue weighted by Gasteiger charge is -2.02. The second kappa shape index (κ2) is 6.62. The number of hydrogen-bond acceptors (Lipinski definition) is 3. The van der Waals surface area contributed by atoms with E-state index in [0.717, 1.165) is 11.5 Å². The van der Waals surface area contributed by atoms with Crippen molar-refractivity contribution in [2.45, 2.75) is 9.79 Å². The number of phenolic OH excluding ortho intramolecular Hbond substituents is 1. The molecule has 0 aliphatic rings. The summed E-state index contributed by atoms with van der Waals surface area (Å²) in [5.41, 5.74) is 0. The highest BCUT2D eigenvalue weighted by Crippen LogP contribution is 2.24. The Morgan fingerprint density at radius 1 is 0.706 bits per heavy atom. The van der Waals surface area contributed by atoms with Gasteiger partial charge in [-0.25, -0.2) is 0 Å². The van der Waals surface area contributed by atoms with E-state index in [-0.39, 0.29) is 0 Å². The zero-order valence-electron chi connectivity index (χ0n) is 9.37. The van der Waals surface area contributed by atoms with Gasteiger partial charge in [-0.15, -0.1) is 23.5 Å². The molecule has 0 aliphatic carbocycles. The van der Waals surface area contributed by atoms with Crippen molar-refractivity contribution in [3.05, 3.63) is 54.6 Å². The molecule has 0 spiro atoms. The SMILES string of the molecule is Oc1ccc(SCCSc2ccccc2)cc1. The number of thioether (sulfide) groups is 2. The lowest BCUT2D eigenvalue weighted by Crippen LogP contribution is -1.83. The van der Waals surface area contributed by atoms with E-state index >= 15 is 0 Å². The fourth-order valence-corrected chi connectivity index (χ4v) is 3.19. The summed E-state index contributed by atoms with van der Waals surface area (Å²) in [5.74, 6) is 2.49. The quantitative estimate of drug-likeness (QED) is 0.641. The van der Waals surface area contributed by atoms with Crippen molar-refractivity contribution < 1.29 is 5.11 Å². The Bertz CT molecular complexity index is 440. The summed E-state index contributed by atoms with van der Waals surface area (Å²) in [6, 6.07) is 17.8. The maximum atomic E-state index is 9.16. The van der Waals surface area contributed by atoms with Crippen molar-refractivity contribution in [3.8, 4) is 5.75 Å². The molecule has 0 radical (unpaired) electrons. The maximum Gasteiger partial charge on any atom is 0.115 e. The second-order valence-electron chi connectivity index (χ2n) is 3.50. The van der Waals surface area contributed by atoms with E-state index in [1.165, 1.54) is 9.79 Å². The Morgan fingerprint density at radius 3 is 1.82 bits per heavy atom. The molecular formula is C14H14OS2. The third-order valence-corrected chi connectivity index (χ3v) is 4.49. The molecule has 0 heterocycles. The van der Waals surface area contributed by atoms with Crippen LogP contribution in [0.5, 0.6) is 5.75 Å². The van der Waals surface area contributed by atoms with E-state index in [0.29, 0.717) is 5.75 Å². The van der Waals surface area contributed by atoms with Gasteiger partial charge in [0.1, 0.15) is 5.75 Å². The number of rotatable bonds is 5. The van der Waals surface area contributed by atoms with Crippen LogP contribution >= 0.6 is 23.5 Å². The minimum Gasteiger partial charge on any atom is -0.508 e. The molecule has 0 unspecified atom stereocenters. The minimum atomic E-state index is 0.327. The summed E-state index contributed by atoms with van der Waals surface area (Å²) in [4.78, 5) is 2.52. The first kappa shape index (κ1) is 12.4. The van der Waals surface area contributed by atoms with Gasteiger partial charge in [-0.2, -0.15) is 0 Å². The zero-order chi connectivity index (χ0) is 11.9. The van der Waals surface area contributed by atoms with Gasteiger partial charge in [0.05, 0.1) is 0 Å². The zero-order valence-corrected chi connectivity index (χ0v) is 11.0. The molecule has 0 atom stereocenters. The molecule has 3 heteroatoms. The summed E-state index contributed by atoms with van der Waals surface area (Å²) >= 11 is 3.69. The van der Waals surface area contributed by atoms with Gasteiger partial charge in [0.25, 0.3) is 0 Å². The first-order valence-electron chi connectivity index (χ1n) is 5.44. The lowest BCUT2D eigenvalue weighted by atomic mass is 10.3. The van der Waals surface area contributed by atoms with E-state index in [2.05, 4.69) is 24.3 Å².